The number of hydrogen-bond acceptors (Lipinski definition) is 5. The number of nitrogens with zero attached hydrogens (tertiary/aromatic N) is 2. The molecule has 6 heteroatoms. The molecule has 1 unspecified atom stereocenters. The highest BCUT2D eigenvalue weighted by Gasteiger charge is 2.11. The van der Waals surface area contributed by atoms with Crippen molar-refractivity contribution in [1.29, 1.82) is 0 Å². The SMILES string of the molecule is Cc1nc(-c2ccc(OCC(=O)NC(C)c3ccc4ccccc4c3)cc2)no1. The third-order valence-electron chi connectivity index (χ3n) is 4.66. The smallest absolute Gasteiger partial charge is 0.258 e. The Kier molecular flexibility index (Phi) is 5.24. The molecule has 0 bridgehead atoms. The molecule has 6 nitrogen and oxygen atoms in total. The zero-order valence-corrected chi connectivity index (χ0v) is 16.3. The van der Waals surface area contributed by atoms with Gasteiger partial charge in [0.1, 0.15) is 5.75 Å². The van der Waals surface area contributed by atoms with Crippen molar-refractivity contribution in [1.82, 2.24) is 15.5 Å². The topological polar surface area (TPSA) is 77.2 Å². The second-order valence-electron chi connectivity index (χ2n) is 6.85. The molecule has 1 heterocycles. The normalized spacial score (nSPS) is 11.9. The summed E-state index contributed by atoms with van der Waals surface area (Å²) in [5, 5.41) is 9.18. The van der Waals surface area contributed by atoms with Crippen molar-refractivity contribution in [3.8, 4) is 17.1 Å². The van der Waals surface area contributed by atoms with Gasteiger partial charge in [-0.2, -0.15) is 4.98 Å². The Hall–Kier alpha value is -3.67. The fraction of sp³-hybridized carbons (Fsp3) is 0.174. The standard InChI is InChI=1S/C23H21N3O3/c1-15(19-8-7-17-5-3-4-6-20(17)13-19)24-22(27)14-28-21-11-9-18(10-12-21)23-25-16(2)29-26-23/h3-13,15H,14H2,1-2H3,(H,24,27). The largest absolute Gasteiger partial charge is 0.484 e. The zero-order valence-electron chi connectivity index (χ0n) is 16.3. The van der Waals surface area contributed by atoms with Gasteiger partial charge in [-0.15, -0.1) is 0 Å². The monoisotopic (exact) mass is 387 g/mol. The number of fused-ring (bicyclic) bond motifs is 1. The molecule has 0 aliphatic carbocycles. The van der Waals surface area contributed by atoms with Gasteiger partial charge in [0, 0.05) is 12.5 Å². The summed E-state index contributed by atoms with van der Waals surface area (Å²) in [6.45, 7) is 3.65. The number of ether oxygens (including phenoxy) is 1. The predicted octanol–water partition coefficient (Wildman–Crippen LogP) is 4.45. The van der Waals surface area contributed by atoms with E-state index in [4.69, 9.17) is 9.26 Å². The van der Waals surface area contributed by atoms with Crippen LogP contribution in [0, 0.1) is 6.92 Å². The molecule has 0 spiro atoms. The number of hydrogen-bond donors (Lipinski definition) is 1. The summed E-state index contributed by atoms with van der Waals surface area (Å²) in [5.41, 5.74) is 1.88. The summed E-state index contributed by atoms with van der Waals surface area (Å²) in [7, 11) is 0. The maximum Gasteiger partial charge on any atom is 0.258 e. The van der Waals surface area contributed by atoms with Gasteiger partial charge in [0.15, 0.2) is 6.61 Å². The molecule has 0 saturated carbocycles. The molecular formula is C23H21N3O3. The van der Waals surface area contributed by atoms with Crippen molar-refractivity contribution in [2.24, 2.45) is 0 Å². The second-order valence-corrected chi connectivity index (χ2v) is 6.85. The Morgan fingerprint density at radius 3 is 2.55 bits per heavy atom. The lowest BCUT2D eigenvalue weighted by Crippen LogP contribution is -2.31. The van der Waals surface area contributed by atoms with E-state index in [1.807, 2.05) is 37.3 Å². The van der Waals surface area contributed by atoms with Gasteiger partial charge in [-0.05, 0) is 53.6 Å². The molecular weight excluding hydrogens is 366 g/mol. The first-order valence-corrected chi connectivity index (χ1v) is 9.40. The van der Waals surface area contributed by atoms with Gasteiger partial charge in [0.2, 0.25) is 11.7 Å². The maximum atomic E-state index is 12.3. The van der Waals surface area contributed by atoms with Crippen molar-refractivity contribution >= 4 is 16.7 Å². The van der Waals surface area contributed by atoms with Crippen LogP contribution in [0.15, 0.2) is 71.3 Å². The number of aromatic nitrogens is 2. The lowest BCUT2D eigenvalue weighted by molar-refractivity contribution is -0.123. The van der Waals surface area contributed by atoms with Crippen LogP contribution in [-0.4, -0.2) is 22.7 Å². The first-order chi connectivity index (χ1) is 14.1. The fourth-order valence-corrected chi connectivity index (χ4v) is 3.11. The molecule has 4 rings (SSSR count). The van der Waals surface area contributed by atoms with Gasteiger partial charge < -0.3 is 14.6 Å². The Balaban J connectivity index is 1.33. The Bertz CT molecular complexity index is 1140. The van der Waals surface area contributed by atoms with Crippen LogP contribution in [0.2, 0.25) is 0 Å². The van der Waals surface area contributed by atoms with Gasteiger partial charge in [-0.1, -0.05) is 41.6 Å². The molecule has 0 aliphatic heterocycles. The maximum absolute atomic E-state index is 12.3. The van der Waals surface area contributed by atoms with Crippen molar-refractivity contribution in [3.63, 3.8) is 0 Å². The summed E-state index contributed by atoms with van der Waals surface area (Å²) in [4.78, 5) is 16.5. The van der Waals surface area contributed by atoms with E-state index in [2.05, 4.69) is 39.7 Å². The second kappa shape index (κ2) is 8.14. The Labute approximate surface area is 168 Å². The molecule has 0 fully saturated rings. The van der Waals surface area contributed by atoms with Crippen LogP contribution in [-0.2, 0) is 4.79 Å². The van der Waals surface area contributed by atoms with E-state index in [0.29, 0.717) is 17.5 Å². The number of amides is 1. The van der Waals surface area contributed by atoms with Gasteiger partial charge in [0.25, 0.3) is 5.91 Å². The number of benzene rings is 3. The van der Waals surface area contributed by atoms with E-state index in [1.54, 1.807) is 19.1 Å². The Morgan fingerprint density at radius 1 is 1.07 bits per heavy atom. The molecule has 1 atom stereocenters. The van der Waals surface area contributed by atoms with Gasteiger partial charge >= 0.3 is 0 Å². The number of carbonyl (C=O) groups excluding carboxylic acids is 1. The van der Waals surface area contributed by atoms with E-state index < -0.39 is 0 Å². The minimum atomic E-state index is -0.177. The van der Waals surface area contributed by atoms with Crippen LogP contribution in [0.25, 0.3) is 22.2 Å². The fourth-order valence-electron chi connectivity index (χ4n) is 3.11. The Morgan fingerprint density at radius 2 is 1.83 bits per heavy atom. The highest BCUT2D eigenvalue weighted by molar-refractivity contribution is 5.83. The van der Waals surface area contributed by atoms with Gasteiger partial charge in [-0.3, -0.25) is 4.79 Å². The van der Waals surface area contributed by atoms with Crippen LogP contribution in [0.1, 0.15) is 24.4 Å². The highest BCUT2D eigenvalue weighted by atomic mass is 16.5. The third kappa shape index (κ3) is 4.43. The quantitative estimate of drug-likeness (QED) is 0.529. The average molecular weight is 387 g/mol. The number of carbonyl (C=O) groups is 1. The summed E-state index contributed by atoms with van der Waals surface area (Å²) >= 11 is 0. The van der Waals surface area contributed by atoms with Crippen molar-refractivity contribution < 1.29 is 14.1 Å². The van der Waals surface area contributed by atoms with E-state index in [9.17, 15) is 4.79 Å². The zero-order chi connectivity index (χ0) is 20.2. The lowest BCUT2D eigenvalue weighted by Gasteiger charge is -2.15. The van der Waals surface area contributed by atoms with Gasteiger partial charge in [-0.25, -0.2) is 0 Å². The lowest BCUT2D eigenvalue weighted by atomic mass is 10.0. The van der Waals surface area contributed by atoms with Crippen molar-refractivity contribution in [2.45, 2.75) is 19.9 Å². The summed E-state index contributed by atoms with van der Waals surface area (Å²) in [5.74, 6) is 1.46. The summed E-state index contributed by atoms with van der Waals surface area (Å²) < 4.78 is 10.6. The van der Waals surface area contributed by atoms with E-state index >= 15 is 0 Å². The molecule has 3 aromatic carbocycles. The van der Waals surface area contributed by atoms with Crippen LogP contribution in [0.5, 0.6) is 5.75 Å². The molecule has 0 radical (unpaired) electrons. The molecule has 1 N–H and O–H groups in total. The first-order valence-electron chi connectivity index (χ1n) is 9.40. The molecule has 0 aliphatic rings. The van der Waals surface area contributed by atoms with E-state index in [0.717, 1.165) is 16.5 Å². The van der Waals surface area contributed by atoms with Crippen LogP contribution in [0.4, 0.5) is 0 Å². The summed E-state index contributed by atoms with van der Waals surface area (Å²) in [6.07, 6.45) is 0. The van der Waals surface area contributed by atoms with Crippen LogP contribution in [0.3, 0.4) is 0 Å². The van der Waals surface area contributed by atoms with Crippen molar-refractivity contribution in [3.05, 3.63) is 78.2 Å². The van der Waals surface area contributed by atoms with Crippen LogP contribution >= 0.6 is 0 Å². The minimum absolute atomic E-state index is 0.0570. The predicted molar refractivity (Wildman–Crippen MR) is 110 cm³/mol. The number of aryl methyl sites for hydroxylation is 1. The molecule has 1 aromatic heterocycles. The third-order valence-corrected chi connectivity index (χ3v) is 4.66. The molecule has 29 heavy (non-hydrogen) atoms. The minimum Gasteiger partial charge on any atom is -0.484 e. The molecule has 4 aromatic rings. The number of nitrogens with one attached hydrogen (secondary N) is 1. The molecule has 0 saturated heterocycles. The summed E-state index contributed by atoms with van der Waals surface area (Å²) in [6, 6.07) is 21.5. The molecule has 1 amide bonds. The van der Waals surface area contributed by atoms with Crippen molar-refractivity contribution in [2.75, 3.05) is 6.61 Å². The first kappa shape index (κ1) is 18.7. The van der Waals surface area contributed by atoms with E-state index in [1.165, 1.54) is 5.39 Å². The average Bonchev–Trinajstić information content (AvgIpc) is 3.18. The molecule has 146 valence electrons. The van der Waals surface area contributed by atoms with E-state index in [-0.39, 0.29) is 18.6 Å². The van der Waals surface area contributed by atoms with Gasteiger partial charge in [0.05, 0.1) is 6.04 Å². The highest BCUT2D eigenvalue weighted by Crippen LogP contribution is 2.21. The van der Waals surface area contributed by atoms with Crippen LogP contribution < -0.4 is 10.1 Å². The number of rotatable bonds is 6.